The summed E-state index contributed by atoms with van der Waals surface area (Å²) < 4.78 is 0. The topological polar surface area (TPSA) is 15.3 Å². The summed E-state index contributed by atoms with van der Waals surface area (Å²) in [6, 6.07) is 0. The third-order valence-electron chi connectivity index (χ3n) is 3.16. The van der Waals surface area contributed by atoms with Crippen molar-refractivity contribution in [2.75, 3.05) is 33.2 Å². The number of piperidine rings is 1. The molecule has 0 amide bonds. The van der Waals surface area contributed by atoms with Crippen LogP contribution in [0.3, 0.4) is 0 Å². The number of likely N-dealkylation sites (tertiary alicyclic amines) is 1. The Morgan fingerprint density at radius 1 is 1.07 bits per heavy atom. The van der Waals surface area contributed by atoms with Crippen LogP contribution < -0.4 is 5.32 Å². The molecule has 0 aliphatic carbocycles. The maximum Gasteiger partial charge on any atom is 0.00331 e. The minimum atomic E-state index is 0.487. The van der Waals surface area contributed by atoms with Gasteiger partial charge in [0.1, 0.15) is 0 Å². The molecule has 90 valence electrons. The van der Waals surface area contributed by atoms with Gasteiger partial charge in [0, 0.05) is 13.1 Å². The molecule has 1 heterocycles. The summed E-state index contributed by atoms with van der Waals surface area (Å²) in [5, 5.41) is 3.22. The average molecular weight is 212 g/mol. The first kappa shape index (κ1) is 13.0. The molecule has 2 nitrogen and oxygen atoms in total. The van der Waals surface area contributed by atoms with Gasteiger partial charge in [0.05, 0.1) is 0 Å². The molecule has 0 aromatic heterocycles. The lowest BCUT2D eigenvalue weighted by Gasteiger charge is -2.47. The SMILES string of the molecule is CNCCCN1CC(C)(C)CC(C)(C)C1. The van der Waals surface area contributed by atoms with Crippen LogP contribution in [0.15, 0.2) is 0 Å². The van der Waals surface area contributed by atoms with Gasteiger partial charge in [0.15, 0.2) is 0 Å². The van der Waals surface area contributed by atoms with Crippen molar-refractivity contribution in [3.05, 3.63) is 0 Å². The molecule has 0 radical (unpaired) electrons. The minimum Gasteiger partial charge on any atom is -0.320 e. The zero-order valence-corrected chi connectivity index (χ0v) is 11.2. The molecule has 1 N–H and O–H groups in total. The lowest BCUT2D eigenvalue weighted by Crippen LogP contribution is -2.48. The van der Waals surface area contributed by atoms with Gasteiger partial charge >= 0.3 is 0 Å². The van der Waals surface area contributed by atoms with Gasteiger partial charge in [-0.25, -0.2) is 0 Å². The normalized spacial score (nSPS) is 25.4. The first-order valence-electron chi connectivity index (χ1n) is 6.22. The Labute approximate surface area is 95.4 Å². The van der Waals surface area contributed by atoms with Crippen LogP contribution in [-0.2, 0) is 0 Å². The van der Waals surface area contributed by atoms with Crippen LogP contribution >= 0.6 is 0 Å². The van der Waals surface area contributed by atoms with Crippen molar-refractivity contribution < 1.29 is 0 Å². The standard InChI is InChI=1S/C13H28N2/c1-12(2)9-13(3,4)11-15(10-12)8-6-7-14-5/h14H,6-11H2,1-5H3. The Morgan fingerprint density at radius 3 is 2.07 bits per heavy atom. The van der Waals surface area contributed by atoms with Crippen molar-refractivity contribution in [1.82, 2.24) is 10.2 Å². The third-order valence-corrected chi connectivity index (χ3v) is 3.16. The molecule has 2 heteroatoms. The second kappa shape index (κ2) is 4.84. The smallest absolute Gasteiger partial charge is 0.00331 e. The number of nitrogens with one attached hydrogen (secondary N) is 1. The van der Waals surface area contributed by atoms with E-state index >= 15 is 0 Å². The minimum absolute atomic E-state index is 0.487. The van der Waals surface area contributed by atoms with E-state index in [2.05, 4.69) is 37.9 Å². The van der Waals surface area contributed by atoms with E-state index in [1.54, 1.807) is 0 Å². The molecule has 1 aliphatic heterocycles. The van der Waals surface area contributed by atoms with E-state index in [-0.39, 0.29) is 0 Å². The highest BCUT2D eigenvalue weighted by Gasteiger charge is 2.36. The monoisotopic (exact) mass is 212 g/mol. The van der Waals surface area contributed by atoms with Crippen LogP contribution in [0.5, 0.6) is 0 Å². The lowest BCUT2D eigenvalue weighted by molar-refractivity contribution is 0.0274. The summed E-state index contributed by atoms with van der Waals surface area (Å²) in [7, 11) is 2.03. The van der Waals surface area contributed by atoms with Crippen LogP contribution in [0.2, 0.25) is 0 Å². The maximum absolute atomic E-state index is 3.22. The fraction of sp³-hybridized carbons (Fsp3) is 1.00. The van der Waals surface area contributed by atoms with E-state index in [9.17, 15) is 0 Å². The van der Waals surface area contributed by atoms with Gasteiger partial charge in [-0.15, -0.1) is 0 Å². The molecule has 15 heavy (non-hydrogen) atoms. The molecule has 1 rings (SSSR count). The van der Waals surface area contributed by atoms with Crippen LogP contribution in [0.25, 0.3) is 0 Å². The average Bonchev–Trinajstić information content (AvgIpc) is 1.98. The lowest BCUT2D eigenvalue weighted by atomic mass is 9.71. The Kier molecular flexibility index (Phi) is 4.19. The third kappa shape index (κ3) is 4.52. The van der Waals surface area contributed by atoms with Gasteiger partial charge in [0.25, 0.3) is 0 Å². The molecular formula is C13H28N2. The molecule has 0 atom stereocenters. The van der Waals surface area contributed by atoms with E-state index in [0.717, 1.165) is 6.54 Å². The predicted molar refractivity (Wildman–Crippen MR) is 67.2 cm³/mol. The van der Waals surface area contributed by atoms with Crippen molar-refractivity contribution in [2.45, 2.75) is 40.5 Å². The Morgan fingerprint density at radius 2 is 1.60 bits per heavy atom. The van der Waals surface area contributed by atoms with Crippen molar-refractivity contribution in [3.63, 3.8) is 0 Å². The second-order valence-corrected chi connectivity index (χ2v) is 6.67. The molecule has 0 aromatic carbocycles. The van der Waals surface area contributed by atoms with Crippen molar-refractivity contribution in [3.8, 4) is 0 Å². The first-order chi connectivity index (χ1) is 6.85. The van der Waals surface area contributed by atoms with E-state index < -0.39 is 0 Å². The fourth-order valence-electron chi connectivity index (χ4n) is 3.31. The van der Waals surface area contributed by atoms with Crippen LogP contribution in [0.4, 0.5) is 0 Å². The maximum atomic E-state index is 3.22. The van der Waals surface area contributed by atoms with Gasteiger partial charge in [-0.1, -0.05) is 27.7 Å². The Balaban J connectivity index is 2.44. The van der Waals surface area contributed by atoms with Crippen LogP contribution in [0.1, 0.15) is 40.5 Å². The summed E-state index contributed by atoms with van der Waals surface area (Å²) in [5.74, 6) is 0. The van der Waals surface area contributed by atoms with Gasteiger partial charge < -0.3 is 10.2 Å². The molecule has 0 unspecified atom stereocenters. The molecule has 0 saturated carbocycles. The summed E-state index contributed by atoms with van der Waals surface area (Å²) in [6.07, 6.45) is 2.62. The zero-order chi connectivity index (χ0) is 11.5. The van der Waals surface area contributed by atoms with E-state index in [1.165, 1.54) is 32.5 Å². The van der Waals surface area contributed by atoms with Crippen LogP contribution in [0, 0.1) is 10.8 Å². The summed E-state index contributed by atoms with van der Waals surface area (Å²) in [4.78, 5) is 2.64. The van der Waals surface area contributed by atoms with Gasteiger partial charge in [-0.3, -0.25) is 0 Å². The van der Waals surface area contributed by atoms with Crippen molar-refractivity contribution in [1.29, 1.82) is 0 Å². The van der Waals surface area contributed by atoms with Crippen LogP contribution in [-0.4, -0.2) is 38.1 Å². The first-order valence-corrected chi connectivity index (χ1v) is 6.22. The zero-order valence-electron chi connectivity index (χ0n) is 11.2. The Bertz CT molecular complexity index is 181. The molecule has 0 bridgehead atoms. The number of rotatable bonds is 4. The fourth-order valence-corrected chi connectivity index (χ4v) is 3.31. The highest BCUT2D eigenvalue weighted by atomic mass is 15.1. The molecule has 0 spiro atoms. The number of hydrogen-bond donors (Lipinski definition) is 1. The molecule has 0 aromatic rings. The highest BCUT2D eigenvalue weighted by molar-refractivity contribution is 4.89. The van der Waals surface area contributed by atoms with Gasteiger partial charge in [0.2, 0.25) is 0 Å². The van der Waals surface area contributed by atoms with E-state index in [0.29, 0.717) is 10.8 Å². The number of nitrogens with zero attached hydrogens (tertiary/aromatic N) is 1. The number of hydrogen-bond acceptors (Lipinski definition) is 2. The van der Waals surface area contributed by atoms with Crippen molar-refractivity contribution in [2.24, 2.45) is 10.8 Å². The quantitative estimate of drug-likeness (QED) is 0.720. The highest BCUT2D eigenvalue weighted by Crippen LogP contribution is 2.39. The molecule has 1 saturated heterocycles. The summed E-state index contributed by atoms with van der Waals surface area (Å²) in [5.41, 5.74) is 0.975. The van der Waals surface area contributed by atoms with E-state index in [4.69, 9.17) is 0 Å². The summed E-state index contributed by atoms with van der Waals surface area (Å²) >= 11 is 0. The molecule has 1 fully saturated rings. The molecular weight excluding hydrogens is 184 g/mol. The van der Waals surface area contributed by atoms with E-state index in [1.807, 2.05) is 7.05 Å². The largest absolute Gasteiger partial charge is 0.320 e. The Hall–Kier alpha value is -0.0800. The second-order valence-electron chi connectivity index (χ2n) is 6.67. The summed E-state index contributed by atoms with van der Waals surface area (Å²) in [6.45, 7) is 14.5. The predicted octanol–water partition coefficient (Wildman–Crippen LogP) is 2.35. The van der Waals surface area contributed by atoms with Gasteiger partial charge in [-0.05, 0) is 43.8 Å². The van der Waals surface area contributed by atoms with Gasteiger partial charge in [-0.2, -0.15) is 0 Å². The molecule has 1 aliphatic rings. The van der Waals surface area contributed by atoms with Crippen molar-refractivity contribution >= 4 is 0 Å².